The number of methoxy groups -OCH3 is 1. The third kappa shape index (κ3) is 3.84. The molecule has 0 fully saturated rings. The average Bonchev–Trinajstić information content (AvgIpc) is 3.09. The second kappa shape index (κ2) is 7.51. The maximum Gasteiger partial charge on any atom is 0.237 e. The zero-order chi connectivity index (χ0) is 16.8. The third-order valence-electron chi connectivity index (χ3n) is 2.91. The normalized spacial score (nSPS) is 10.4. The van der Waals surface area contributed by atoms with Crippen LogP contribution in [0.2, 0.25) is 0 Å². The summed E-state index contributed by atoms with van der Waals surface area (Å²) in [6.07, 6.45) is 3.11. The summed E-state index contributed by atoms with van der Waals surface area (Å²) >= 11 is 1.21. The number of tetrazole rings is 1. The van der Waals surface area contributed by atoms with Gasteiger partial charge in [0.05, 0.1) is 18.6 Å². The number of hydrogen-bond acceptors (Lipinski definition) is 8. The zero-order valence-corrected chi connectivity index (χ0v) is 13.5. The van der Waals surface area contributed by atoms with Crippen molar-refractivity contribution in [1.82, 2.24) is 30.2 Å². The Labute approximate surface area is 141 Å². The number of nitrogens with zero attached hydrogens (tertiary/aromatic N) is 6. The second-order valence-corrected chi connectivity index (χ2v) is 5.42. The fourth-order valence-electron chi connectivity index (χ4n) is 1.81. The predicted octanol–water partition coefficient (Wildman–Crippen LogP) is 1.19. The fraction of sp³-hybridized carbons (Fsp3) is 0.143. The minimum absolute atomic E-state index is 0.134. The summed E-state index contributed by atoms with van der Waals surface area (Å²) in [4.78, 5) is 19.8. The molecule has 0 aliphatic rings. The Bertz CT molecular complexity index is 808. The van der Waals surface area contributed by atoms with Gasteiger partial charge in [-0.2, -0.15) is 4.68 Å². The van der Waals surface area contributed by atoms with Crippen molar-refractivity contribution in [3.05, 3.63) is 42.7 Å². The van der Waals surface area contributed by atoms with Gasteiger partial charge in [0.25, 0.3) is 0 Å². The van der Waals surface area contributed by atoms with Gasteiger partial charge in [-0.05, 0) is 40.8 Å². The average molecular weight is 343 g/mol. The van der Waals surface area contributed by atoms with Crippen LogP contribution in [-0.2, 0) is 4.79 Å². The Balaban J connectivity index is 1.64. The molecule has 1 amide bonds. The Morgan fingerprint density at radius 2 is 2.00 bits per heavy atom. The number of rotatable bonds is 6. The number of carbonyl (C=O) groups excluding carboxylic acids is 1. The van der Waals surface area contributed by atoms with Gasteiger partial charge in [-0.1, -0.05) is 11.8 Å². The van der Waals surface area contributed by atoms with Crippen molar-refractivity contribution < 1.29 is 9.53 Å². The lowest BCUT2D eigenvalue weighted by molar-refractivity contribution is -0.113. The molecule has 0 aliphatic carbocycles. The molecular formula is C14H13N7O2S. The largest absolute Gasteiger partial charge is 0.497 e. The third-order valence-corrected chi connectivity index (χ3v) is 3.83. The van der Waals surface area contributed by atoms with Crippen LogP contribution >= 0.6 is 11.8 Å². The molecule has 0 bridgehead atoms. The van der Waals surface area contributed by atoms with Crippen molar-refractivity contribution in [3.63, 3.8) is 0 Å². The number of aromatic nitrogens is 6. The maximum absolute atomic E-state index is 11.9. The van der Waals surface area contributed by atoms with Gasteiger partial charge in [-0.3, -0.25) is 10.1 Å². The molecule has 1 N–H and O–H groups in total. The molecule has 3 rings (SSSR count). The van der Waals surface area contributed by atoms with E-state index in [0.29, 0.717) is 5.16 Å². The number of benzene rings is 1. The molecule has 2 aromatic heterocycles. The van der Waals surface area contributed by atoms with Gasteiger partial charge < -0.3 is 4.74 Å². The van der Waals surface area contributed by atoms with Gasteiger partial charge in [0.15, 0.2) is 0 Å². The molecule has 9 nitrogen and oxygen atoms in total. The van der Waals surface area contributed by atoms with E-state index in [4.69, 9.17) is 4.74 Å². The molecule has 3 aromatic rings. The fourth-order valence-corrected chi connectivity index (χ4v) is 2.50. The van der Waals surface area contributed by atoms with Crippen molar-refractivity contribution in [3.8, 4) is 11.4 Å². The van der Waals surface area contributed by atoms with Crippen LogP contribution in [0.1, 0.15) is 0 Å². The van der Waals surface area contributed by atoms with Gasteiger partial charge >= 0.3 is 0 Å². The van der Waals surface area contributed by atoms with E-state index in [1.165, 1.54) is 11.8 Å². The van der Waals surface area contributed by atoms with Crippen LogP contribution in [0, 0.1) is 0 Å². The van der Waals surface area contributed by atoms with E-state index in [1.54, 1.807) is 30.3 Å². The van der Waals surface area contributed by atoms with Crippen LogP contribution in [-0.4, -0.2) is 48.9 Å². The Kier molecular flexibility index (Phi) is 4.96. The van der Waals surface area contributed by atoms with Crippen LogP contribution in [0.25, 0.3) is 5.69 Å². The summed E-state index contributed by atoms with van der Waals surface area (Å²) in [6, 6.07) is 8.96. The molecule has 0 saturated heterocycles. The highest BCUT2D eigenvalue weighted by Crippen LogP contribution is 2.20. The first-order valence-electron chi connectivity index (χ1n) is 6.89. The minimum Gasteiger partial charge on any atom is -0.497 e. The molecule has 0 radical (unpaired) electrons. The number of anilines is 1. The SMILES string of the molecule is COc1ccc(-n2nnnc2SCC(=O)Nc2ncccn2)cc1. The number of carbonyl (C=O) groups is 1. The maximum atomic E-state index is 11.9. The van der Waals surface area contributed by atoms with E-state index in [0.717, 1.165) is 11.4 Å². The molecule has 0 saturated carbocycles. The highest BCUT2D eigenvalue weighted by Gasteiger charge is 2.12. The van der Waals surface area contributed by atoms with E-state index >= 15 is 0 Å². The molecule has 0 spiro atoms. The summed E-state index contributed by atoms with van der Waals surface area (Å²) in [5, 5.41) is 14.6. The summed E-state index contributed by atoms with van der Waals surface area (Å²) in [7, 11) is 1.60. The lowest BCUT2D eigenvalue weighted by Crippen LogP contribution is -2.16. The van der Waals surface area contributed by atoms with Gasteiger partial charge in [-0.25, -0.2) is 9.97 Å². The molecule has 24 heavy (non-hydrogen) atoms. The first kappa shape index (κ1) is 15.9. The number of amides is 1. The number of nitrogens with one attached hydrogen (secondary N) is 1. The van der Waals surface area contributed by atoms with E-state index in [9.17, 15) is 4.79 Å². The lowest BCUT2D eigenvalue weighted by atomic mass is 10.3. The first-order chi connectivity index (χ1) is 11.8. The quantitative estimate of drug-likeness (QED) is 0.665. The predicted molar refractivity (Wildman–Crippen MR) is 87.1 cm³/mol. The van der Waals surface area contributed by atoms with Crippen LogP contribution in [0.5, 0.6) is 5.75 Å². The monoisotopic (exact) mass is 343 g/mol. The number of ether oxygens (including phenoxy) is 1. The number of hydrogen-bond donors (Lipinski definition) is 1. The molecule has 122 valence electrons. The van der Waals surface area contributed by atoms with E-state index in [1.807, 2.05) is 24.3 Å². The molecule has 0 aliphatic heterocycles. The van der Waals surface area contributed by atoms with Gasteiger partial charge in [0.2, 0.25) is 17.0 Å². The summed E-state index contributed by atoms with van der Waals surface area (Å²) in [6.45, 7) is 0. The smallest absolute Gasteiger partial charge is 0.237 e. The Morgan fingerprint density at radius 1 is 1.25 bits per heavy atom. The summed E-state index contributed by atoms with van der Waals surface area (Å²) < 4.78 is 6.67. The van der Waals surface area contributed by atoms with Crippen LogP contribution < -0.4 is 10.1 Å². The van der Waals surface area contributed by atoms with Gasteiger partial charge in [0.1, 0.15) is 5.75 Å². The number of thioether (sulfide) groups is 1. The molecule has 2 heterocycles. The van der Waals surface area contributed by atoms with Crippen molar-refractivity contribution in [2.24, 2.45) is 0 Å². The molecule has 0 atom stereocenters. The first-order valence-corrected chi connectivity index (χ1v) is 7.87. The van der Waals surface area contributed by atoms with E-state index in [2.05, 4.69) is 30.8 Å². The molecule has 0 unspecified atom stereocenters. The summed E-state index contributed by atoms with van der Waals surface area (Å²) in [5.74, 6) is 0.894. The topological polar surface area (TPSA) is 108 Å². The second-order valence-electron chi connectivity index (χ2n) is 4.48. The van der Waals surface area contributed by atoms with Crippen LogP contribution in [0.4, 0.5) is 5.95 Å². The molecule has 10 heteroatoms. The zero-order valence-electron chi connectivity index (χ0n) is 12.7. The molecule has 1 aromatic carbocycles. The molecular weight excluding hydrogens is 330 g/mol. The van der Waals surface area contributed by atoms with Crippen molar-refractivity contribution in [1.29, 1.82) is 0 Å². The Hall–Kier alpha value is -3.01. The van der Waals surface area contributed by atoms with E-state index in [-0.39, 0.29) is 17.6 Å². The van der Waals surface area contributed by atoms with Crippen LogP contribution in [0.15, 0.2) is 47.9 Å². The van der Waals surface area contributed by atoms with Crippen LogP contribution in [0.3, 0.4) is 0 Å². The Morgan fingerprint density at radius 3 is 2.71 bits per heavy atom. The van der Waals surface area contributed by atoms with Crippen molar-refractivity contribution in [2.75, 3.05) is 18.2 Å². The highest BCUT2D eigenvalue weighted by atomic mass is 32.2. The van der Waals surface area contributed by atoms with Crippen molar-refractivity contribution >= 4 is 23.6 Å². The highest BCUT2D eigenvalue weighted by molar-refractivity contribution is 7.99. The van der Waals surface area contributed by atoms with Gasteiger partial charge in [0, 0.05) is 12.4 Å². The van der Waals surface area contributed by atoms with Crippen molar-refractivity contribution in [2.45, 2.75) is 5.16 Å². The standard InChI is InChI=1S/C14H13N7O2S/c1-23-11-5-3-10(4-6-11)21-14(18-19-20-21)24-9-12(22)17-13-15-7-2-8-16-13/h2-8H,9H2,1H3,(H,15,16,17,22). The lowest BCUT2D eigenvalue weighted by Gasteiger charge is -2.05. The minimum atomic E-state index is -0.240. The van der Waals surface area contributed by atoms with E-state index < -0.39 is 0 Å². The summed E-state index contributed by atoms with van der Waals surface area (Å²) in [5.41, 5.74) is 0.773. The van der Waals surface area contributed by atoms with Gasteiger partial charge in [-0.15, -0.1) is 5.10 Å².